The van der Waals surface area contributed by atoms with Crippen molar-refractivity contribution >= 4 is 23.4 Å². The lowest BCUT2D eigenvalue weighted by atomic mass is 10.1. The summed E-state index contributed by atoms with van der Waals surface area (Å²) in [6.45, 7) is 5.23. The molecular weight excluding hydrogens is 356 g/mol. The fourth-order valence-corrected chi connectivity index (χ4v) is 2.19. The van der Waals surface area contributed by atoms with Crippen LogP contribution in [0.3, 0.4) is 0 Å². The van der Waals surface area contributed by atoms with Crippen molar-refractivity contribution in [2.45, 2.75) is 20.8 Å². The highest BCUT2D eigenvalue weighted by molar-refractivity contribution is 6.31. The van der Waals surface area contributed by atoms with Crippen LogP contribution in [0.25, 0.3) is 0 Å². The molecule has 0 aliphatic carbocycles. The normalized spacial score (nSPS) is 10.2. The number of hydrogen-bond donors (Lipinski definition) is 2. The van der Waals surface area contributed by atoms with E-state index in [1.807, 2.05) is 39.0 Å². The van der Waals surface area contributed by atoms with E-state index in [2.05, 4.69) is 10.9 Å². The number of benzene rings is 2. The van der Waals surface area contributed by atoms with Crippen molar-refractivity contribution in [1.29, 1.82) is 0 Å². The zero-order valence-electron chi connectivity index (χ0n) is 14.9. The molecule has 0 bridgehead atoms. The van der Waals surface area contributed by atoms with Gasteiger partial charge in [-0.3, -0.25) is 20.4 Å². The molecule has 0 radical (unpaired) electrons. The van der Waals surface area contributed by atoms with Crippen LogP contribution in [0.1, 0.15) is 16.7 Å². The lowest BCUT2D eigenvalue weighted by Gasteiger charge is -2.11. The summed E-state index contributed by atoms with van der Waals surface area (Å²) in [6, 6.07) is 10.8. The highest BCUT2D eigenvalue weighted by atomic mass is 35.5. The molecule has 2 aromatic carbocycles. The molecule has 0 fully saturated rings. The Kier molecular flexibility index (Phi) is 6.86. The van der Waals surface area contributed by atoms with Gasteiger partial charge in [0.25, 0.3) is 11.8 Å². The fourth-order valence-electron chi connectivity index (χ4n) is 2.07. The Morgan fingerprint density at radius 2 is 1.54 bits per heavy atom. The quantitative estimate of drug-likeness (QED) is 0.760. The van der Waals surface area contributed by atoms with Crippen molar-refractivity contribution in [3.63, 3.8) is 0 Å². The summed E-state index contributed by atoms with van der Waals surface area (Å²) in [5.41, 5.74) is 7.36. The van der Waals surface area contributed by atoms with Gasteiger partial charge in [0, 0.05) is 5.02 Å². The Balaban J connectivity index is 1.72. The van der Waals surface area contributed by atoms with Crippen LogP contribution in [0, 0.1) is 20.8 Å². The molecule has 0 saturated heterocycles. The van der Waals surface area contributed by atoms with Crippen molar-refractivity contribution < 1.29 is 19.1 Å². The second kappa shape index (κ2) is 9.10. The molecule has 2 N–H and O–H groups in total. The van der Waals surface area contributed by atoms with Crippen LogP contribution in [-0.2, 0) is 9.59 Å². The van der Waals surface area contributed by atoms with Gasteiger partial charge in [-0.1, -0.05) is 23.7 Å². The SMILES string of the molecule is Cc1ccc(C)c(OCC(=O)NNC(=O)COc2ccc(Cl)c(C)c2)c1. The number of halogens is 1. The standard InChI is InChI=1S/C19H21ClN2O4/c1-12-4-5-13(2)17(8-12)26-11-19(24)22-21-18(23)10-25-15-6-7-16(20)14(3)9-15/h4-9H,10-11H2,1-3H3,(H,21,23)(H,22,24). The number of aryl methyl sites for hydroxylation is 3. The molecule has 0 aliphatic rings. The molecule has 7 heteroatoms. The number of ether oxygens (including phenoxy) is 2. The highest BCUT2D eigenvalue weighted by Gasteiger charge is 2.08. The molecule has 0 heterocycles. The minimum absolute atomic E-state index is 0.207. The van der Waals surface area contributed by atoms with E-state index in [0.29, 0.717) is 16.5 Å². The predicted molar refractivity (Wildman–Crippen MR) is 99.4 cm³/mol. The minimum Gasteiger partial charge on any atom is -0.484 e. The van der Waals surface area contributed by atoms with E-state index in [0.717, 1.165) is 16.7 Å². The van der Waals surface area contributed by atoms with Crippen molar-refractivity contribution in [2.24, 2.45) is 0 Å². The maximum atomic E-state index is 11.8. The van der Waals surface area contributed by atoms with Gasteiger partial charge in [0.15, 0.2) is 13.2 Å². The first-order chi connectivity index (χ1) is 12.3. The van der Waals surface area contributed by atoms with E-state index in [1.54, 1.807) is 18.2 Å². The third kappa shape index (κ3) is 5.97. The van der Waals surface area contributed by atoms with Gasteiger partial charge in [0.1, 0.15) is 11.5 Å². The van der Waals surface area contributed by atoms with Gasteiger partial charge < -0.3 is 9.47 Å². The van der Waals surface area contributed by atoms with Gasteiger partial charge in [-0.05, 0) is 61.7 Å². The van der Waals surface area contributed by atoms with E-state index in [9.17, 15) is 9.59 Å². The molecule has 138 valence electrons. The van der Waals surface area contributed by atoms with Crippen LogP contribution >= 0.6 is 11.6 Å². The third-order valence-electron chi connectivity index (χ3n) is 3.54. The maximum Gasteiger partial charge on any atom is 0.276 e. The zero-order valence-corrected chi connectivity index (χ0v) is 15.6. The first-order valence-electron chi connectivity index (χ1n) is 8.02. The molecule has 0 spiro atoms. The van der Waals surface area contributed by atoms with E-state index < -0.39 is 11.8 Å². The molecule has 26 heavy (non-hydrogen) atoms. The van der Waals surface area contributed by atoms with E-state index in [-0.39, 0.29) is 13.2 Å². The summed E-state index contributed by atoms with van der Waals surface area (Å²) in [5, 5.41) is 0.623. The largest absolute Gasteiger partial charge is 0.484 e. The summed E-state index contributed by atoms with van der Waals surface area (Å²) in [5.74, 6) is 0.193. The number of rotatable bonds is 6. The van der Waals surface area contributed by atoms with Crippen molar-refractivity contribution in [2.75, 3.05) is 13.2 Å². The molecule has 0 atom stereocenters. The summed E-state index contributed by atoms with van der Waals surface area (Å²) in [6.07, 6.45) is 0. The number of amides is 2. The Morgan fingerprint density at radius 1 is 0.885 bits per heavy atom. The smallest absolute Gasteiger partial charge is 0.276 e. The summed E-state index contributed by atoms with van der Waals surface area (Å²) < 4.78 is 10.8. The number of carbonyl (C=O) groups is 2. The lowest BCUT2D eigenvalue weighted by molar-refractivity contribution is -0.131. The molecule has 0 aromatic heterocycles. The Morgan fingerprint density at radius 3 is 2.19 bits per heavy atom. The number of hydrazine groups is 1. The fraction of sp³-hybridized carbons (Fsp3) is 0.263. The maximum absolute atomic E-state index is 11.8. The van der Waals surface area contributed by atoms with Crippen molar-refractivity contribution in [1.82, 2.24) is 10.9 Å². The molecule has 6 nitrogen and oxygen atoms in total. The van der Waals surface area contributed by atoms with Gasteiger partial charge in [0.05, 0.1) is 0 Å². The van der Waals surface area contributed by atoms with Crippen LogP contribution < -0.4 is 20.3 Å². The zero-order chi connectivity index (χ0) is 19.1. The second-order valence-electron chi connectivity index (χ2n) is 5.85. The predicted octanol–water partition coefficient (Wildman–Crippen LogP) is 2.87. The molecule has 2 rings (SSSR count). The molecule has 2 amide bonds. The van der Waals surface area contributed by atoms with E-state index in [1.165, 1.54) is 0 Å². The third-order valence-corrected chi connectivity index (χ3v) is 3.97. The van der Waals surface area contributed by atoms with E-state index in [4.69, 9.17) is 21.1 Å². The Labute approximate surface area is 157 Å². The van der Waals surface area contributed by atoms with Gasteiger partial charge >= 0.3 is 0 Å². The monoisotopic (exact) mass is 376 g/mol. The number of nitrogens with one attached hydrogen (secondary N) is 2. The summed E-state index contributed by atoms with van der Waals surface area (Å²) in [4.78, 5) is 23.5. The molecule has 0 saturated carbocycles. The van der Waals surface area contributed by atoms with E-state index >= 15 is 0 Å². The average Bonchev–Trinajstić information content (AvgIpc) is 2.61. The van der Waals surface area contributed by atoms with Crippen LogP contribution in [0.2, 0.25) is 5.02 Å². The van der Waals surface area contributed by atoms with Gasteiger partial charge in [0.2, 0.25) is 0 Å². The average molecular weight is 377 g/mol. The highest BCUT2D eigenvalue weighted by Crippen LogP contribution is 2.21. The topological polar surface area (TPSA) is 76.7 Å². The summed E-state index contributed by atoms with van der Waals surface area (Å²) in [7, 11) is 0. The van der Waals surface area contributed by atoms with Crippen molar-refractivity contribution in [3.05, 3.63) is 58.1 Å². The van der Waals surface area contributed by atoms with Crippen LogP contribution in [-0.4, -0.2) is 25.0 Å². The lowest BCUT2D eigenvalue weighted by Crippen LogP contribution is -2.45. The van der Waals surface area contributed by atoms with Crippen molar-refractivity contribution in [3.8, 4) is 11.5 Å². The van der Waals surface area contributed by atoms with Crippen LogP contribution in [0.15, 0.2) is 36.4 Å². The molecular formula is C19H21ClN2O4. The van der Waals surface area contributed by atoms with Gasteiger partial charge in [-0.15, -0.1) is 0 Å². The van der Waals surface area contributed by atoms with Gasteiger partial charge in [-0.25, -0.2) is 0 Å². The first kappa shape index (κ1) is 19.6. The Hall–Kier alpha value is -2.73. The molecule has 2 aromatic rings. The first-order valence-corrected chi connectivity index (χ1v) is 8.39. The number of carbonyl (C=O) groups excluding carboxylic acids is 2. The van der Waals surface area contributed by atoms with Crippen LogP contribution in [0.5, 0.6) is 11.5 Å². The second-order valence-corrected chi connectivity index (χ2v) is 6.26. The molecule has 0 unspecified atom stereocenters. The molecule has 0 aliphatic heterocycles. The van der Waals surface area contributed by atoms with Gasteiger partial charge in [-0.2, -0.15) is 0 Å². The Bertz CT molecular complexity index is 808. The summed E-state index contributed by atoms with van der Waals surface area (Å²) >= 11 is 5.93. The number of hydrogen-bond acceptors (Lipinski definition) is 4. The van der Waals surface area contributed by atoms with Crippen LogP contribution in [0.4, 0.5) is 0 Å². The minimum atomic E-state index is -0.488.